The van der Waals surface area contributed by atoms with Crippen LogP contribution in [0.15, 0.2) is 48.8 Å². The zero-order valence-corrected chi connectivity index (χ0v) is 17.9. The topological polar surface area (TPSA) is 67.5 Å². The van der Waals surface area contributed by atoms with Gasteiger partial charge in [0.1, 0.15) is 17.0 Å². The molecule has 6 nitrogen and oxygen atoms in total. The summed E-state index contributed by atoms with van der Waals surface area (Å²) in [5, 5.41) is 1.07. The van der Waals surface area contributed by atoms with Crippen LogP contribution in [0, 0.1) is 0 Å². The summed E-state index contributed by atoms with van der Waals surface area (Å²) >= 11 is 0. The molecule has 0 atom stereocenters. The molecule has 0 spiro atoms. The van der Waals surface area contributed by atoms with Crippen molar-refractivity contribution in [2.45, 2.75) is 32.8 Å². The quantitative estimate of drug-likeness (QED) is 0.645. The third kappa shape index (κ3) is 4.03. The summed E-state index contributed by atoms with van der Waals surface area (Å²) in [4.78, 5) is 21.9. The Bertz CT molecular complexity index is 1110. The summed E-state index contributed by atoms with van der Waals surface area (Å²) < 4.78 is 11.0. The first-order chi connectivity index (χ1) is 14.4. The Morgan fingerprint density at radius 2 is 2.00 bits per heavy atom. The van der Waals surface area contributed by atoms with E-state index in [1.807, 2.05) is 57.4 Å². The molecule has 0 aliphatic carbocycles. The van der Waals surface area contributed by atoms with E-state index in [0.29, 0.717) is 13.1 Å². The molecule has 4 rings (SSSR count). The van der Waals surface area contributed by atoms with Crippen LogP contribution in [0.3, 0.4) is 0 Å². The predicted molar refractivity (Wildman–Crippen MR) is 118 cm³/mol. The van der Waals surface area contributed by atoms with Crippen molar-refractivity contribution in [3.8, 4) is 16.9 Å². The number of nitrogens with zero attached hydrogens (tertiary/aromatic N) is 2. The van der Waals surface area contributed by atoms with Gasteiger partial charge < -0.3 is 19.4 Å². The number of rotatable bonds is 3. The molecule has 1 N–H and O–H groups in total. The van der Waals surface area contributed by atoms with Gasteiger partial charge in [-0.3, -0.25) is 0 Å². The molecule has 0 saturated carbocycles. The SMILES string of the molecule is COc1ccccc1-c1cnc2[nH]cc(C3=CCN(C(=O)OC(C)(C)C)CC3)c2c1. The van der Waals surface area contributed by atoms with Crippen molar-refractivity contribution in [3.63, 3.8) is 0 Å². The average Bonchev–Trinajstić information content (AvgIpc) is 3.16. The smallest absolute Gasteiger partial charge is 0.410 e. The fourth-order valence-corrected chi connectivity index (χ4v) is 3.71. The van der Waals surface area contributed by atoms with E-state index in [2.05, 4.69) is 22.1 Å². The molecule has 0 radical (unpaired) electrons. The van der Waals surface area contributed by atoms with Gasteiger partial charge in [-0.2, -0.15) is 0 Å². The van der Waals surface area contributed by atoms with Crippen LogP contribution < -0.4 is 4.74 Å². The highest BCUT2D eigenvalue weighted by molar-refractivity contribution is 5.94. The van der Waals surface area contributed by atoms with E-state index in [0.717, 1.165) is 39.9 Å². The second-order valence-electron chi connectivity index (χ2n) is 8.43. The number of nitrogens with one attached hydrogen (secondary N) is 1. The highest BCUT2D eigenvalue weighted by Gasteiger charge is 2.24. The maximum atomic E-state index is 12.3. The van der Waals surface area contributed by atoms with Crippen LogP contribution >= 0.6 is 0 Å². The normalized spacial score (nSPS) is 14.5. The number of benzene rings is 1. The van der Waals surface area contributed by atoms with Crippen LogP contribution in [0.2, 0.25) is 0 Å². The minimum atomic E-state index is -0.488. The highest BCUT2D eigenvalue weighted by atomic mass is 16.6. The first-order valence-corrected chi connectivity index (χ1v) is 10.1. The number of methoxy groups -OCH3 is 1. The number of amides is 1. The number of H-pyrrole nitrogens is 1. The number of hydrogen-bond acceptors (Lipinski definition) is 4. The first-order valence-electron chi connectivity index (χ1n) is 10.1. The van der Waals surface area contributed by atoms with Gasteiger partial charge in [0.2, 0.25) is 0 Å². The van der Waals surface area contributed by atoms with Crippen LogP contribution in [0.25, 0.3) is 27.7 Å². The van der Waals surface area contributed by atoms with Crippen LogP contribution in [-0.4, -0.2) is 46.8 Å². The van der Waals surface area contributed by atoms with Crippen molar-refractivity contribution in [3.05, 3.63) is 54.4 Å². The molecule has 0 unspecified atom stereocenters. The second kappa shape index (κ2) is 7.86. The molecule has 3 aromatic rings. The van der Waals surface area contributed by atoms with E-state index in [4.69, 9.17) is 9.47 Å². The van der Waals surface area contributed by atoms with Crippen LogP contribution in [0.1, 0.15) is 32.8 Å². The number of hydrogen-bond donors (Lipinski definition) is 1. The monoisotopic (exact) mass is 405 g/mol. The number of para-hydroxylation sites is 1. The van der Waals surface area contributed by atoms with Gasteiger partial charge in [0.15, 0.2) is 0 Å². The number of aromatic nitrogens is 2. The van der Waals surface area contributed by atoms with Gasteiger partial charge in [0.05, 0.1) is 7.11 Å². The summed E-state index contributed by atoms with van der Waals surface area (Å²) in [5.74, 6) is 0.820. The summed E-state index contributed by atoms with van der Waals surface area (Å²) in [6.07, 6.45) is 6.46. The average molecular weight is 405 g/mol. The number of carbonyl (C=O) groups is 1. The minimum absolute atomic E-state index is 0.267. The highest BCUT2D eigenvalue weighted by Crippen LogP contribution is 2.34. The molecular formula is C24H27N3O3. The maximum Gasteiger partial charge on any atom is 0.410 e. The van der Waals surface area contributed by atoms with E-state index in [9.17, 15) is 4.79 Å². The standard InChI is InChI=1S/C24H27N3O3/c1-24(2,3)30-23(28)27-11-9-16(10-12-27)20-15-26-22-19(20)13-17(14-25-22)18-7-5-6-8-21(18)29-4/h5-9,13-15H,10-12H2,1-4H3,(H,25,26). The third-order valence-corrected chi connectivity index (χ3v) is 5.16. The molecule has 1 aliphatic heterocycles. The molecule has 0 bridgehead atoms. The van der Waals surface area contributed by atoms with Gasteiger partial charge >= 0.3 is 6.09 Å². The molecule has 0 fully saturated rings. The number of pyridine rings is 1. The summed E-state index contributed by atoms with van der Waals surface area (Å²) in [5.41, 5.74) is 4.71. The third-order valence-electron chi connectivity index (χ3n) is 5.16. The van der Waals surface area contributed by atoms with E-state index in [1.165, 1.54) is 5.57 Å². The van der Waals surface area contributed by atoms with Gasteiger partial charge in [-0.15, -0.1) is 0 Å². The Labute approximate surface area is 176 Å². The Hall–Kier alpha value is -3.28. The van der Waals surface area contributed by atoms with E-state index in [-0.39, 0.29) is 6.09 Å². The molecule has 1 aliphatic rings. The molecule has 2 aromatic heterocycles. The maximum absolute atomic E-state index is 12.3. The number of carbonyl (C=O) groups excluding carboxylic acids is 1. The zero-order valence-electron chi connectivity index (χ0n) is 17.9. The van der Waals surface area contributed by atoms with Gasteiger partial charge in [-0.25, -0.2) is 9.78 Å². The lowest BCUT2D eigenvalue weighted by Crippen LogP contribution is -2.39. The van der Waals surface area contributed by atoms with Gasteiger partial charge in [-0.1, -0.05) is 24.3 Å². The predicted octanol–water partition coefficient (Wildman–Crippen LogP) is 5.26. The van der Waals surface area contributed by atoms with Gasteiger partial charge in [0.25, 0.3) is 0 Å². The van der Waals surface area contributed by atoms with Crippen LogP contribution in [-0.2, 0) is 4.74 Å². The van der Waals surface area contributed by atoms with Crippen molar-refractivity contribution in [2.24, 2.45) is 0 Å². The van der Waals surface area contributed by atoms with Crippen molar-refractivity contribution in [1.29, 1.82) is 0 Å². The van der Waals surface area contributed by atoms with Crippen LogP contribution in [0.4, 0.5) is 4.79 Å². The molecule has 156 valence electrons. The van der Waals surface area contributed by atoms with Gasteiger partial charge in [-0.05, 0) is 44.9 Å². The first kappa shape index (κ1) is 20.0. The largest absolute Gasteiger partial charge is 0.496 e. The summed E-state index contributed by atoms with van der Waals surface area (Å²) in [7, 11) is 1.68. The Morgan fingerprint density at radius 3 is 2.70 bits per heavy atom. The lowest BCUT2D eigenvalue weighted by Gasteiger charge is -2.29. The molecule has 1 amide bonds. The molecule has 3 heterocycles. The van der Waals surface area contributed by atoms with Crippen molar-refractivity contribution < 1.29 is 14.3 Å². The number of ether oxygens (including phenoxy) is 2. The summed E-state index contributed by atoms with van der Waals surface area (Å²) in [6.45, 7) is 6.82. The Balaban J connectivity index is 1.62. The number of aromatic amines is 1. The van der Waals surface area contributed by atoms with Crippen LogP contribution in [0.5, 0.6) is 5.75 Å². The van der Waals surface area contributed by atoms with E-state index in [1.54, 1.807) is 12.0 Å². The van der Waals surface area contributed by atoms with E-state index >= 15 is 0 Å². The zero-order chi connectivity index (χ0) is 21.3. The van der Waals surface area contributed by atoms with Crippen molar-refractivity contribution in [2.75, 3.05) is 20.2 Å². The Kier molecular flexibility index (Phi) is 5.24. The second-order valence-corrected chi connectivity index (χ2v) is 8.43. The lowest BCUT2D eigenvalue weighted by molar-refractivity contribution is 0.0270. The molecule has 1 aromatic carbocycles. The van der Waals surface area contributed by atoms with E-state index < -0.39 is 5.60 Å². The minimum Gasteiger partial charge on any atom is -0.496 e. The van der Waals surface area contributed by atoms with Gasteiger partial charge in [0, 0.05) is 47.6 Å². The molecular weight excluding hydrogens is 378 g/mol. The molecule has 6 heteroatoms. The van der Waals surface area contributed by atoms with Crippen molar-refractivity contribution >= 4 is 22.7 Å². The lowest BCUT2D eigenvalue weighted by atomic mass is 9.98. The molecule has 0 saturated heterocycles. The van der Waals surface area contributed by atoms with Crippen molar-refractivity contribution in [1.82, 2.24) is 14.9 Å². The fourth-order valence-electron chi connectivity index (χ4n) is 3.71. The fraction of sp³-hybridized carbons (Fsp3) is 0.333. The Morgan fingerprint density at radius 1 is 1.20 bits per heavy atom. The summed E-state index contributed by atoms with van der Waals surface area (Å²) in [6, 6.07) is 10.1. The molecule has 30 heavy (non-hydrogen) atoms. The number of fused-ring (bicyclic) bond motifs is 1.